The van der Waals surface area contributed by atoms with Crippen LogP contribution in [0, 0.1) is 5.92 Å². The number of nitrogen functional groups attached to an aromatic ring is 1. The second kappa shape index (κ2) is 6.40. The van der Waals surface area contributed by atoms with Crippen molar-refractivity contribution in [1.82, 2.24) is 0 Å². The summed E-state index contributed by atoms with van der Waals surface area (Å²) in [5, 5.41) is 0. The smallest absolute Gasteiger partial charge is 0.310 e. The normalized spacial score (nSPS) is 16.4. The van der Waals surface area contributed by atoms with Crippen LogP contribution in [-0.2, 0) is 20.7 Å². The molecule has 2 N–H and O–H groups in total. The predicted octanol–water partition coefficient (Wildman–Crippen LogP) is 1.78. The number of carbonyl (C=O) groups is 1. The van der Waals surface area contributed by atoms with E-state index in [1.54, 1.807) is 6.07 Å². The Labute approximate surface area is 107 Å². The number of benzene rings is 1. The van der Waals surface area contributed by atoms with Gasteiger partial charge in [0.25, 0.3) is 0 Å². The molecule has 0 aromatic heterocycles. The van der Waals surface area contributed by atoms with Crippen LogP contribution in [0.2, 0.25) is 0 Å². The molecule has 18 heavy (non-hydrogen) atoms. The summed E-state index contributed by atoms with van der Waals surface area (Å²) in [6.07, 6.45) is 2.19. The highest BCUT2D eigenvalue weighted by Crippen LogP contribution is 2.16. The first-order valence-corrected chi connectivity index (χ1v) is 6.32. The number of rotatable bonds is 4. The van der Waals surface area contributed by atoms with Gasteiger partial charge in [0.15, 0.2) is 0 Å². The van der Waals surface area contributed by atoms with E-state index in [9.17, 15) is 4.79 Å². The molecule has 4 heteroatoms. The monoisotopic (exact) mass is 249 g/mol. The van der Waals surface area contributed by atoms with E-state index in [1.807, 2.05) is 18.2 Å². The van der Waals surface area contributed by atoms with Crippen LogP contribution in [0.5, 0.6) is 0 Å². The molecule has 0 saturated carbocycles. The Morgan fingerprint density at radius 1 is 1.33 bits per heavy atom. The SMILES string of the molecule is Nc1ccccc1CC(=O)OCC1CCOCC1. The molecule has 0 spiro atoms. The van der Waals surface area contributed by atoms with E-state index in [2.05, 4.69) is 0 Å². The summed E-state index contributed by atoms with van der Waals surface area (Å²) in [6, 6.07) is 7.37. The van der Waals surface area contributed by atoms with E-state index in [4.69, 9.17) is 15.2 Å². The van der Waals surface area contributed by atoms with E-state index in [1.165, 1.54) is 0 Å². The van der Waals surface area contributed by atoms with Crippen molar-refractivity contribution in [3.63, 3.8) is 0 Å². The third kappa shape index (κ3) is 3.74. The van der Waals surface area contributed by atoms with Gasteiger partial charge in [-0.2, -0.15) is 0 Å². The average Bonchev–Trinajstić information content (AvgIpc) is 2.40. The van der Waals surface area contributed by atoms with Crippen LogP contribution in [-0.4, -0.2) is 25.8 Å². The third-order valence-electron chi connectivity index (χ3n) is 3.21. The zero-order chi connectivity index (χ0) is 12.8. The molecule has 1 fully saturated rings. The number of anilines is 1. The average molecular weight is 249 g/mol. The molecule has 1 aliphatic heterocycles. The first-order chi connectivity index (χ1) is 8.75. The second-order valence-corrected chi connectivity index (χ2v) is 4.61. The molecule has 0 amide bonds. The first kappa shape index (κ1) is 12.9. The minimum Gasteiger partial charge on any atom is -0.465 e. The zero-order valence-electron chi connectivity index (χ0n) is 10.4. The molecular formula is C14H19NO3. The van der Waals surface area contributed by atoms with Crippen LogP contribution in [0.4, 0.5) is 5.69 Å². The summed E-state index contributed by atoms with van der Waals surface area (Å²) in [4.78, 5) is 11.7. The van der Waals surface area contributed by atoms with Gasteiger partial charge in [-0.15, -0.1) is 0 Å². The van der Waals surface area contributed by atoms with Gasteiger partial charge in [-0.3, -0.25) is 4.79 Å². The van der Waals surface area contributed by atoms with Gasteiger partial charge in [0.05, 0.1) is 13.0 Å². The molecule has 0 atom stereocenters. The lowest BCUT2D eigenvalue weighted by atomic mass is 10.0. The maximum absolute atomic E-state index is 11.7. The molecule has 1 aromatic carbocycles. The van der Waals surface area contributed by atoms with Crippen LogP contribution < -0.4 is 5.73 Å². The molecule has 1 heterocycles. The zero-order valence-corrected chi connectivity index (χ0v) is 10.4. The van der Waals surface area contributed by atoms with Gasteiger partial charge in [0.1, 0.15) is 0 Å². The Bertz CT molecular complexity index is 400. The number of ether oxygens (including phenoxy) is 2. The molecule has 0 radical (unpaired) electrons. The fraction of sp³-hybridized carbons (Fsp3) is 0.500. The Balaban J connectivity index is 1.76. The van der Waals surface area contributed by atoms with Crippen molar-refractivity contribution in [2.75, 3.05) is 25.6 Å². The number of para-hydroxylation sites is 1. The van der Waals surface area contributed by atoms with Gasteiger partial charge in [0, 0.05) is 18.9 Å². The Morgan fingerprint density at radius 2 is 2.06 bits per heavy atom. The van der Waals surface area contributed by atoms with Crippen LogP contribution in [0.25, 0.3) is 0 Å². The maximum Gasteiger partial charge on any atom is 0.310 e. The summed E-state index contributed by atoms with van der Waals surface area (Å²) < 4.78 is 10.6. The van der Waals surface area contributed by atoms with Gasteiger partial charge in [-0.05, 0) is 30.4 Å². The van der Waals surface area contributed by atoms with Gasteiger partial charge in [-0.1, -0.05) is 18.2 Å². The number of nitrogens with two attached hydrogens (primary N) is 1. The van der Waals surface area contributed by atoms with E-state index >= 15 is 0 Å². The fourth-order valence-electron chi connectivity index (χ4n) is 2.03. The van der Waals surface area contributed by atoms with Crippen LogP contribution >= 0.6 is 0 Å². The summed E-state index contributed by atoms with van der Waals surface area (Å²) in [7, 11) is 0. The molecule has 1 aromatic rings. The van der Waals surface area contributed by atoms with Gasteiger partial charge < -0.3 is 15.2 Å². The molecule has 1 saturated heterocycles. The highest BCUT2D eigenvalue weighted by atomic mass is 16.5. The summed E-state index contributed by atoms with van der Waals surface area (Å²) in [6.45, 7) is 2.04. The third-order valence-corrected chi connectivity index (χ3v) is 3.21. The number of esters is 1. The predicted molar refractivity (Wildman–Crippen MR) is 69.1 cm³/mol. The number of hydrogen-bond acceptors (Lipinski definition) is 4. The minimum atomic E-state index is -0.209. The molecule has 0 bridgehead atoms. The van der Waals surface area contributed by atoms with Crippen molar-refractivity contribution in [1.29, 1.82) is 0 Å². The van der Waals surface area contributed by atoms with Crippen molar-refractivity contribution >= 4 is 11.7 Å². The number of carbonyl (C=O) groups excluding carboxylic acids is 1. The quantitative estimate of drug-likeness (QED) is 0.652. The van der Waals surface area contributed by atoms with Gasteiger partial charge >= 0.3 is 5.97 Å². The summed E-state index contributed by atoms with van der Waals surface area (Å²) >= 11 is 0. The van der Waals surface area contributed by atoms with Crippen LogP contribution in [0.1, 0.15) is 18.4 Å². The lowest BCUT2D eigenvalue weighted by Crippen LogP contribution is -2.22. The van der Waals surface area contributed by atoms with Gasteiger partial charge in [-0.25, -0.2) is 0 Å². The van der Waals surface area contributed by atoms with E-state index < -0.39 is 0 Å². The van der Waals surface area contributed by atoms with Crippen molar-refractivity contribution in [3.05, 3.63) is 29.8 Å². The van der Waals surface area contributed by atoms with Crippen LogP contribution in [0.3, 0.4) is 0 Å². The molecule has 0 unspecified atom stereocenters. The van der Waals surface area contributed by atoms with E-state index in [0.717, 1.165) is 31.6 Å². The summed E-state index contributed by atoms with van der Waals surface area (Å²) in [5.41, 5.74) is 7.25. The Hall–Kier alpha value is -1.55. The van der Waals surface area contributed by atoms with E-state index in [-0.39, 0.29) is 12.4 Å². The van der Waals surface area contributed by atoms with Gasteiger partial charge in [0.2, 0.25) is 0 Å². The lowest BCUT2D eigenvalue weighted by Gasteiger charge is -2.21. The standard InChI is InChI=1S/C14H19NO3/c15-13-4-2-1-3-12(13)9-14(16)18-10-11-5-7-17-8-6-11/h1-4,11H,5-10,15H2. The molecule has 2 rings (SSSR count). The highest BCUT2D eigenvalue weighted by Gasteiger charge is 2.16. The second-order valence-electron chi connectivity index (χ2n) is 4.61. The number of hydrogen-bond donors (Lipinski definition) is 1. The molecule has 98 valence electrons. The maximum atomic E-state index is 11.7. The molecular weight excluding hydrogens is 230 g/mol. The largest absolute Gasteiger partial charge is 0.465 e. The summed E-state index contributed by atoms with van der Waals surface area (Å²) in [5.74, 6) is 0.232. The Morgan fingerprint density at radius 3 is 2.78 bits per heavy atom. The lowest BCUT2D eigenvalue weighted by molar-refractivity contribution is -0.145. The Kier molecular flexibility index (Phi) is 4.59. The van der Waals surface area contributed by atoms with Crippen molar-refractivity contribution < 1.29 is 14.3 Å². The molecule has 0 aliphatic carbocycles. The minimum absolute atomic E-state index is 0.209. The van der Waals surface area contributed by atoms with Crippen molar-refractivity contribution in [3.8, 4) is 0 Å². The van der Waals surface area contributed by atoms with Crippen molar-refractivity contribution in [2.45, 2.75) is 19.3 Å². The first-order valence-electron chi connectivity index (χ1n) is 6.32. The van der Waals surface area contributed by atoms with Crippen molar-refractivity contribution in [2.24, 2.45) is 5.92 Å². The highest BCUT2D eigenvalue weighted by molar-refractivity contribution is 5.74. The molecule has 4 nitrogen and oxygen atoms in total. The fourth-order valence-corrected chi connectivity index (χ4v) is 2.03. The van der Waals surface area contributed by atoms with Crippen LogP contribution in [0.15, 0.2) is 24.3 Å². The topological polar surface area (TPSA) is 61.6 Å². The molecule has 1 aliphatic rings. The van der Waals surface area contributed by atoms with E-state index in [0.29, 0.717) is 18.2 Å².